The minimum atomic E-state index is -3.75. The summed E-state index contributed by atoms with van der Waals surface area (Å²) in [5.41, 5.74) is 0.505. The van der Waals surface area contributed by atoms with Crippen molar-refractivity contribution in [2.75, 3.05) is 26.2 Å². The van der Waals surface area contributed by atoms with Gasteiger partial charge in [0.05, 0.1) is 0 Å². The highest BCUT2D eigenvalue weighted by Crippen LogP contribution is 2.31. The molecule has 2 saturated heterocycles. The summed E-state index contributed by atoms with van der Waals surface area (Å²) in [6, 6.07) is 5.97. The van der Waals surface area contributed by atoms with E-state index >= 15 is 0 Å². The normalized spacial score (nSPS) is 25.5. The number of benzene rings is 1. The monoisotopic (exact) mass is 419 g/mol. The summed E-state index contributed by atoms with van der Waals surface area (Å²) in [4.78, 5) is 28.7. The fourth-order valence-electron chi connectivity index (χ4n) is 4.30. The van der Waals surface area contributed by atoms with Crippen molar-refractivity contribution in [2.45, 2.75) is 43.5 Å². The molecule has 1 aromatic rings. The van der Waals surface area contributed by atoms with Crippen LogP contribution in [0.1, 0.15) is 38.2 Å². The van der Waals surface area contributed by atoms with Crippen LogP contribution < -0.4 is 0 Å². The topological polar surface area (TPSA) is 96.3 Å². The van der Waals surface area contributed by atoms with Gasteiger partial charge in [-0.15, -0.1) is 4.40 Å². The molecule has 0 aromatic heterocycles. The number of nitrogens with zero attached hydrogens (tertiary/aromatic N) is 3. The fraction of sp³-hybridized carbons (Fsp3) is 0.550. The van der Waals surface area contributed by atoms with Crippen molar-refractivity contribution in [1.82, 2.24) is 9.80 Å². The molecular formula is C20H25N3O5S. The smallest absolute Gasteiger partial charge is 0.329 e. The van der Waals surface area contributed by atoms with Gasteiger partial charge >= 0.3 is 5.97 Å². The average Bonchev–Trinajstić information content (AvgIpc) is 3.29. The number of amidine groups is 1. The second-order valence-electron chi connectivity index (χ2n) is 7.93. The van der Waals surface area contributed by atoms with Gasteiger partial charge in [-0.25, -0.2) is 4.79 Å². The van der Waals surface area contributed by atoms with Crippen LogP contribution in [0.3, 0.4) is 0 Å². The summed E-state index contributed by atoms with van der Waals surface area (Å²) in [7, 11) is -3.75. The second-order valence-corrected chi connectivity index (χ2v) is 9.50. The van der Waals surface area contributed by atoms with Crippen LogP contribution in [0, 0.1) is 5.92 Å². The Balaban J connectivity index is 1.44. The largest absolute Gasteiger partial charge is 0.454 e. The zero-order valence-corrected chi connectivity index (χ0v) is 17.2. The number of ether oxygens (including phenoxy) is 1. The maximum absolute atomic E-state index is 12.7. The molecule has 0 saturated carbocycles. The van der Waals surface area contributed by atoms with E-state index in [2.05, 4.69) is 11.3 Å². The average molecular weight is 420 g/mol. The molecule has 9 heteroatoms. The van der Waals surface area contributed by atoms with Crippen molar-refractivity contribution in [3.63, 3.8) is 0 Å². The van der Waals surface area contributed by atoms with Gasteiger partial charge < -0.3 is 14.5 Å². The van der Waals surface area contributed by atoms with Gasteiger partial charge in [-0.2, -0.15) is 8.42 Å². The van der Waals surface area contributed by atoms with Gasteiger partial charge in [-0.3, -0.25) is 4.79 Å². The maximum atomic E-state index is 12.7. The molecule has 4 rings (SSSR count). The molecule has 1 aromatic carbocycles. The van der Waals surface area contributed by atoms with E-state index in [-0.39, 0.29) is 23.2 Å². The van der Waals surface area contributed by atoms with Gasteiger partial charge in [-0.05, 0) is 43.7 Å². The zero-order chi connectivity index (χ0) is 20.6. The van der Waals surface area contributed by atoms with Crippen molar-refractivity contribution >= 4 is 27.7 Å². The Hall–Kier alpha value is -2.42. The molecule has 3 aliphatic heterocycles. The Labute approximate surface area is 170 Å². The number of esters is 1. The van der Waals surface area contributed by atoms with Crippen LogP contribution in [-0.4, -0.2) is 68.2 Å². The van der Waals surface area contributed by atoms with Crippen LogP contribution >= 0.6 is 0 Å². The molecule has 3 heterocycles. The Morgan fingerprint density at radius 3 is 2.72 bits per heavy atom. The molecule has 8 nitrogen and oxygen atoms in total. The predicted octanol–water partition coefficient (Wildman–Crippen LogP) is 1.40. The molecule has 0 unspecified atom stereocenters. The summed E-state index contributed by atoms with van der Waals surface area (Å²) >= 11 is 0. The van der Waals surface area contributed by atoms with Crippen LogP contribution in [-0.2, 0) is 24.3 Å². The third-order valence-electron chi connectivity index (χ3n) is 5.76. The molecule has 2 atom stereocenters. The lowest BCUT2D eigenvalue weighted by molar-refractivity contribution is -0.155. The first kappa shape index (κ1) is 19.9. The SMILES string of the molecule is C[C@@H]1CCCN(C(=O)COC(=O)[C@@H]2CCCN2C2=NS(=O)(=O)c3ccccc32)C1. The Morgan fingerprint density at radius 1 is 1.17 bits per heavy atom. The lowest BCUT2D eigenvalue weighted by Crippen LogP contribution is -2.44. The second kappa shape index (κ2) is 7.78. The van der Waals surface area contributed by atoms with Crippen molar-refractivity contribution in [3.05, 3.63) is 29.8 Å². The summed E-state index contributed by atoms with van der Waals surface area (Å²) in [5.74, 6) is 0.0540. The minimum absolute atomic E-state index is 0.156. The Morgan fingerprint density at radius 2 is 1.93 bits per heavy atom. The highest BCUT2D eigenvalue weighted by Gasteiger charge is 2.40. The number of carbonyl (C=O) groups excluding carboxylic acids is 2. The van der Waals surface area contributed by atoms with Gasteiger partial charge in [0.1, 0.15) is 10.9 Å². The first-order valence-electron chi connectivity index (χ1n) is 10.0. The number of piperidine rings is 1. The molecular weight excluding hydrogens is 394 g/mol. The first-order valence-corrected chi connectivity index (χ1v) is 11.5. The van der Waals surface area contributed by atoms with Crippen molar-refractivity contribution in [1.29, 1.82) is 0 Å². The van der Waals surface area contributed by atoms with Crippen LogP contribution in [0.2, 0.25) is 0 Å². The Bertz CT molecular complexity index is 959. The molecule has 0 bridgehead atoms. The molecule has 29 heavy (non-hydrogen) atoms. The number of hydrogen-bond acceptors (Lipinski definition) is 6. The zero-order valence-electron chi connectivity index (χ0n) is 16.4. The van der Waals surface area contributed by atoms with E-state index in [1.54, 1.807) is 28.0 Å². The molecule has 2 fully saturated rings. The number of fused-ring (bicyclic) bond motifs is 1. The van der Waals surface area contributed by atoms with Gasteiger partial charge in [-0.1, -0.05) is 19.1 Å². The number of carbonyl (C=O) groups is 2. The van der Waals surface area contributed by atoms with Gasteiger partial charge in [0.25, 0.3) is 15.9 Å². The number of likely N-dealkylation sites (tertiary alicyclic amines) is 2. The Kier molecular flexibility index (Phi) is 5.33. The molecule has 0 N–H and O–H groups in total. The number of sulfonamides is 1. The third kappa shape index (κ3) is 3.88. The van der Waals surface area contributed by atoms with E-state index in [1.165, 1.54) is 6.07 Å². The van der Waals surface area contributed by atoms with Gasteiger partial charge in [0.2, 0.25) is 0 Å². The van der Waals surface area contributed by atoms with E-state index in [1.807, 2.05) is 0 Å². The number of rotatable bonds is 3. The highest BCUT2D eigenvalue weighted by molar-refractivity contribution is 7.90. The maximum Gasteiger partial charge on any atom is 0.329 e. The van der Waals surface area contributed by atoms with Gasteiger partial charge in [0, 0.05) is 25.2 Å². The molecule has 0 spiro atoms. The minimum Gasteiger partial charge on any atom is -0.454 e. The van der Waals surface area contributed by atoms with E-state index in [0.717, 1.165) is 19.3 Å². The van der Waals surface area contributed by atoms with Gasteiger partial charge in [0.15, 0.2) is 12.4 Å². The molecule has 156 valence electrons. The predicted molar refractivity (Wildman–Crippen MR) is 106 cm³/mol. The van der Waals surface area contributed by atoms with Crippen LogP contribution in [0.15, 0.2) is 33.6 Å². The fourth-order valence-corrected chi connectivity index (χ4v) is 5.51. The molecule has 1 amide bonds. The molecule has 0 radical (unpaired) electrons. The standard InChI is InChI=1S/C20H25N3O5S/c1-14-6-4-10-22(12-14)18(24)13-28-20(25)16-8-5-11-23(16)19-15-7-2-3-9-17(15)29(26,27)21-19/h2-3,7,9,14,16H,4-6,8,10-13H2,1H3/t14-,16+/m1/s1. The van der Waals surface area contributed by atoms with Crippen LogP contribution in [0.5, 0.6) is 0 Å². The van der Waals surface area contributed by atoms with Crippen LogP contribution in [0.4, 0.5) is 0 Å². The van der Waals surface area contributed by atoms with E-state index in [9.17, 15) is 18.0 Å². The lowest BCUT2D eigenvalue weighted by Gasteiger charge is -2.31. The third-order valence-corrected chi connectivity index (χ3v) is 7.08. The van der Waals surface area contributed by atoms with E-state index in [4.69, 9.17) is 4.74 Å². The quantitative estimate of drug-likeness (QED) is 0.687. The van der Waals surface area contributed by atoms with Crippen molar-refractivity contribution in [2.24, 2.45) is 10.3 Å². The molecule has 0 aliphatic carbocycles. The van der Waals surface area contributed by atoms with Crippen molar-refractivity contribution < 1.29 is 22.7 Å². The van der Waals surface area contributed by atoms with E-state index in [0.29, 0.717) is 37.5 Å². The number of hydrogen-bond donors (Lipinski definition) is 0. The number of amides is 1. The first-order chi connectivity index (χ1) is 13.9. The van der Waals surface area contributed by atoms with Crippen molar-refractivity contribution in [3.8, 4) is 0 Å². The lowest BCUT2D eigenvalue weighted by atomic mass is 10.0. The van der Waals surface area contributed by atoms with Crippen LogP contribution in [0.25, 0.3) is 0 Å². The highest BCUT2D eigenvalue weighted by atomic mass is 32.2. The summed E-state index contributed by atoms with van der Waals surface area (Å²) in [5, 5.41) is 0. The summed E-state index contributed by atoms with van der Waals surface area (Å²) < 4.78 is 33.9. The van der Waals surface area contributed by atoms with E-state index < -0.39 is 22.0 Å². The summed E-state index contributed by atoms with van der Waals surface area (Å²) in [6.07, 6.45) is 3.33. The molecule has 3 aliphatic rings. The summed E-state index contributed by atoms with van der Waals surface area (Å²) in [6.45, 7) is 3.73.